The second kappa shape index (κ2) is 7.87. The van der Waals surface area contributed by atoms with Crippen molar-refractivity contribution in [3.05, 3.63) is 41.5 Å². The Kier molecular flexibility index (Phi) is 6.19. The van der Waals surface area contributed by atoms with Crippen molar-refractivity contribution in [2.75, 3.05) is 21.3 Å². The molecule has 0 atom stereocenters. The van der Waals surface area contributed by atoms with Crippen molar-refractivity contribution in [3.63, 3.8) is 0 Å². The van der Waals surface area contributed by atoms with Crippen LogP contribution in [-0.2, 0) is 25.5 Å². The third kappa shape index (κ3) is 3.88. The molecule has 0 spiro atoms. The lowest BCUT2D eigenvalue weighted by Gasteiger charge is -2.10. The predicted molar refractivity (Wildman–Crippen MR) is 80.6 cm³/mol. The Morgan fingerprint density at radius 1 is 1.18 bits per heavy atom. The number of hydrogen-bond acceptors (Lipinski definition) is 6. The third-order valence-corrected chi connectivity index (χ3v) is 2.88. The zero-order valence-electron chi connectivity index (χ0n) is 12.7. The SMILES string of the molecule is C=CCc1cc(C=C(C(=O)OC)C(=O)OC)cc(OC)c1O. The molecule has 0 fully saturated rings. The van der Waals surface area contributed by atoms with E-state index in [1.54, 1.807) is 12.1 Å². The van der Waals surface area contributed by atoms with Crippen LogP contribution in [0.15, 0.2) is 30.4 Å². The average Bonchev–Trinajstić information content (AvgIpc) is 2.53. The number of ether oxygens (including phenoxy) is 3. The number of carbonyl (C=O) groups is 2. The van der Waals surface area contributed by atoms with Gasteiger partial charge in [-0.05, 0) is 30.2 Å². The second-order valence-electron chi connectivity index (χ2n) is 4.26. The fraction of sp³-hybridized carbons (Fsp3) is 0.250. The minimum Gasteiger partial charge on any atom is -0.504 e. The fourth-order valence-electron chi connectivity index (χ4n) is 1.83. The monoisotopic (exact) mass is 306 g/mol. The van der Waals surface area contributed by atoms with E-state index in [9.17, 15) is 14.7 Å². The summed E-state index contributed by atoms with van der Waals surface area (Å²) in [4.78, 5) is 23.3. The minimum atomic E-state index is -0.816. The molecule has 0 aliphatic carbocycles. The zero-order chi connectivity index (χ0) is 16.7. The Morgan fingerprint density at radius 3 is 2.23 bits per heavy atom. The Balaban J connectivity index is 3.42. The number of benzene rings is 1. The van der Waals surface area contributed by atoms with Gasteiger partial charge in [-0.2, -0.15) is 0 Å². The third-order valence-electron chi connectivity index (χ3n) is 2.88. The van der Waals surface area contributed by atoms with E-state index >= 15 is 0 Å². The summed E-state index contributed by atoms with van der Waals surface area (Å²) < 4.78 is 14.2. The molecule has 1 aromatic rings. The van der Waals surface area contributed by atoms with Crippen LogP contribution in [0.4, 0.5) is 0 Å². The van der Waals surface area contributed by atoms with Crippen molar-refractivity contribution in [1.29, 1.82) is 0 Å². The number of methoxy groups -OCH3 is 3. The van der Waals surface area contributed by atoms with Gasteiger partial charge in [-0.1, -0.05) is 6.08 Å². The van der Waals surface area contributed by atoms with Crippen LogP contribution >= 0.6 is 0 Å². The minimum absolute atomic E-state index is 0.0164. The second-order valence-corrected chi connectivity index (χ2v) is 4.26. The molecular formula is C16H18O6. The molecule has 0 saturated carbocycles. The van der Waals surface area contributed by atoms with Gasteiger partial charge >= 0.3 is 11.9 Å². The first-order chi connectivity index (χ1) is 10.5. The number of phenols is 1. The van der Waals surface area contributed by atoms with Crippen LogP contribution in [0.2, 0.25) is 0 Å². The van der Waals surface area contributed by atoms with E-state index in [0.29, 0.717) is 17.5 Å². The normalized spacial score (nSPS) is 9.59. The van der Waals surface area contributed by atoms with E-state index in [1.165, 1.54) is 33.5 Å². The molecular weight excluding hydrogens is 288 g/mol. The number of aromatic hydroxyl groups is 1. The summed E-state index contributed by atoms with van der Waals surface area (Å²) in [5.41, 5.74) is 0.772. The van der Waals surface area contributed by atoms with Crippen molar-refractivity contribution in [1.82, 2.24) is 0 Å². The molecule has 0 unspecified atom stereocenters. The molecule has 0 heterocycles. The maximum absolute atomic E-state index is 11.7. The Bertz CT molecular complexity index is 597. The van der Waals surface area contributed by atoms with Gasteiger partial charge in [0.05, 0.1) is 21.3 Å². The molecule has 22 heavy (non-hydrogen) atoms. The molecule has 6 heteroatoms. The van der Waals surface area contributed by atoms with E-state index in [4.69, 9.17) is 4.74 Å². The van der Waals surface area contributed by atoms with Crippen LogP contribution in [0.3, 0.4) is 0 Å². The summed E-state index contributed by atoms with van der Waals surface area (Å²) in [5.74, 6) is -1.43. The topological polar surface area (TPSA) is 82.1 Å². The fourth-order valence-corrected chi connectivity index (χ4v) is 1.83. The molecule has 0 aliphatic heterocycles. The summed E-state index contributed by atoms with van der Waals surface area (Å²) in [7, 11) is 3.74. The van der Waals surface area contributed by atoms with Gasteiger partial charge < -0.3 is 19.3 Å². The highest BCUT2D eigenvalue weighted by Gasteiger charge is 2.20. The molecule has 118 valence electrons. The summed E-state index contributed by atoms with van der Waals surface area (Å²) >= 11 is 0. The molecule has 0 bridgehead atoms. The summed E-state index contributed by atoms with van der Waals surface area (Å²) in [6.07, 6.45) is 3.32. The predicted octanol–water partition coefficient (Wildman–Crippen LogP) is 1.86. The number of allylic oxidation sites excluding steroid dienone is 1. The standard InChI is InChI=1S/C16H18O6/c1-5-6-11-7-10(9-13(20-2)14(11)17)8-12(15(18)21-3)16(19)22-4/h5,7-9,17H,1,6H2,2-4H3. The van der Waals surface area contributed by atoms with Crippen LogP contribution in [0.1, 0.15) is 11.1 Å². The van der Waals surface area contributed by atoms with E-state index in [2.05, 4.69) is 16.1 Å². The van der Waals surface area contributed by atoms with Gasteiger partial charge in [-0.25, -0.2) is 9.59 Å². The molecule has 0 radical (unpaired) electrons. The van der Waals surface area contributed by atoms with E-state index in [1.807, 2.05) is 0 Å². The lowest BCUT2D eigenvalue weighted by molar-refractivity contribution is -0.143. The van der Waals surface area contributed by atoms with Crippen molar-refractivity contribution in [2.45, 2.75) is 6.42 Å². The Hall–Kier alpha value is -2.76. The molecule has 6 nitrogen and oxygen atoms in total. The first-order valence-corrected chi connectivity index (χ1v) is 6.37. The van der Waals surface area contributed by atoms with Crippen LogP contribution in [-0.4, -0.2) is 38.4 Å². The number of rotatable bonds is 6. The Morgan fingerprint density at radius 2 is 1.77 bits per heavy atom. The lowest BCUT2D eigenvalue weighted by Crippen LogP contribution is -2.15. The largest absolute Gasteiger partial charge is 0.504 e. The summed E-state index contributed by atoms with van der Waals surface area (Å²) in [6.45, 7) is 3.61. The number of hydrogen-bond donors (Lipinski definition) is 1. The van der Waals surface area contributed by atoms with E-state index in [-0.39, 0.29) is 17.1 Å². The highest BCUT2D eigenvalue weighted by molar-refractivity contribution is 6.17. The van der Waals surface area contributed by atoms with Crippen molar-refractivity contribution < 1.29 is 28.9 Å². The maximum atomic E-state index is 11.7. The number of esters is 2. The zero-order valence-corrected chi connectivity index (χ0v) is 12.7. The molecule has 0 amide bonds. The van der Waals surface area contributed by atoms with Crippen LogP contribution in [0.25, 0.3) is 6.08 Å². The smallest absolute Gasteiger partial charge is 0.345 e. The van der Waals surface area contributed by atoms with Gasteiger partial charge in [0.2, 0.25) is 0 Å². The van der Waals surface area contributed by atoms with Gasteiger partial charge in [0.15, 0.2) is 11.5 Å². The van der Waals surface area contributed by atoms with Gasteiger partial charge in [0, 0.05) is 5.56 Å². The highest BCUT2D eigenvalue weighted by atomic mass is 16.5. The lowest BCUT2D eigenvalue weighted by atomic mass is 10.0. The van der Waals surface area contributed by atoms with Crippen LogP contribution < -0.4 is 4.74 Å². The number of phenolic OH excluding ortho intramolecular Hbond substituents is 1. The van der Waals surface area contributed by atoms with Crippen molar-refractivity contribution in [2.24, 2.45) is 0 Å². The van der Waals surface area contributed by atoms with Crippen molar-refractivity contribution >= 4 is 18.0 Å². The molecule has 1 aromatic carbocycles. The van der Waals surface area contributed by atoms with Gasteiger partial charge in [-0.3, -0.25) is 0 Å². The van der Waals surface area contributed by atoms with Gasteiger partial charge in [-0.15, -0.1) is 6.58 Å². The molecule has 0 saturated heterocycles. The number of carbonyl (C=O) groups excluding carboxylic acids is 2. The maximum Gasteiger partial charge on any atom is 0.345 e. The van der Waals surface area contributed by atoms with Crippen LogP contribution in [0, 0.1) is 0 Å². The molecule has 0 aromatic heterocycles. The molecule has 1 N–H and O–H groups in total. The van der Waals surface area contributed by atoms with E-state index < -0.39 is 11.9 Å². The summed E-state index contributed by atoms with van der Waals surface area (Å²) in [6, 6.07) is 3.11. The highest BCUT2D eigenvalue weighted by Crippen LogP contribution is 2.32. The first-order valence-electron chi connectivity index (χ1n) is 6.37. The van der Waals surface area contributed by atoms with E-state index in [0.717, 1.165) is 0 Å². The van der Waals surface area contributed by atoms with Gasteiger partial charge in [0.1, 0.15) is 5.57 Å². The van der Waals surface area contributed by atoms with Crippen LogP contribution in [0.5, 0.6) is 11.5 Å². The molecule has 1 rings (SSSR count). The van der Waals surface area contributed by atoms with Crippen molar-refractivity contribution in [3.8, 4) is 11.5 Å². The first kappa shape index (κ1) is 17.3. The quantitative estimate of drug-likeness (QED) is 0.284. The van der Waals surface area contributed by atoms with Gasteiger partial charge in [0.25, 0.3) is 0 Å². The Labute approximate surface area is 128 Å². The molecule has 0 aliphatic rings. The summed E-state index contributed by atoms with van der Waals surface area (Å²) in [5, 5.41) is 10.0. The average molecular weight is 306 g/mol.